The molecule has 0 atom stereocenters. The first-order valence-corrected chi connectivity index (χ1v) is 9.18. The summed E-state index contributed by atoms with van der Waals surface area (Å²) in [6.45, 7) is 1.82. The standard InChI is InChI=1S/C18H30N2O2/c1-20(17(21)18(11-19)2-4-22-5-3-18)16-14-7-12-6-13(9-14)10-15(16)8-12/h12-16H,2-11,19H2,1H3. The quantitative estimate of drug-likeness (QED) is 0.868. The molecule has 4 aliphatic carbocycles. The molecule has 22 heavy (non-hydrogen) atoms. The molecule has 4 heteroatoms. The Bertz CT molecular complexity index is 416. The molecule has 1 saturated heterocycles. The average molecular weight is 306 g/mol. The molecule has 5 rings (SSSR count). The third-order valence-electron chi connectivity index (χ3n) is 7.24. The fraction of sp³-hybridized carbons (Fsp3) is 0.944. The number of carbonyl (C=O) groups excluding carboxylic acids is 1. The molecule has 5 fully saturated rings. The van der Waals surface area contributed by atoms with Gasteiger partial charge in [-0.25, -0.2) is 0 Å². The molecule has 0 aromatic rings. The van der Waals surface area contributed by atoms with Gasteiger partial charge in [0.05, 0.1) is 5.41 Å². The number of hydrogen-bond donors (Lipinski definition) is 1. The molecule has 4 nitrogen and oxygen atoms in total. The van der Waals surface area contributed by atoms with Gasteiger partial charge in [0.15, 0.2) is 0 Å². The van der Waals surface area contributed by atoms with E-state index in [9.17, 15) is 4.79 Å². The third-order valence-corrected chi connectivity index (χ3v) is 7.24. The average Bonchev–Trinajstić information content (AvgIpc) is 2.53. The maximum atomic E-state index is 13.3. The van der Waals surface area contributed by atoms with Gasteiger partial charge in [0.1, 0.15) is 0 Å². The van der Waals surface area contributed by atoms with Crippen LogP contribution in [0.15, 0.2) is 0 Å². The Labute approximate surface area is 133 Å². The predicted octanol–water partition coefficient (Wildman–Crippen LogP) is 2.02. The molecule has 0 spiro atoms. The van der Waals surface area contributed by atoms with Crippen LogP contribution in [0.1, 0.15) is 44.9 Å². The first kappa shape index (κ1) is 14.9. The molecular weight excluding hydrogens is 276 g/mol. The number of ether oxygens (including phenoxy) is 1. The maximum absolute atomic E-state index is 13.3. The summed E-state index contributed by atoms with van der Waals surface area (Å²) >= 11 is 0. The monoisotopic (exact) mass is 306 g/mol. The van der Waals surface area contributed by atoms with Crippen molar-refractivity contribution < 1.29 is 9.53 Å². The Morgan fingerprint density at radius 3 is 2.14 bits per heavy atom. The van der Waals surface area contributed by atoms with Crippen molar-refractivity contribution in [3.8, 4) is 0 Å². The Hall–Kier alpha value is -0.610. The molecule has 124 valence electrons. The first-order chi connectivity index (χ1) is 10.6. The van der Waals surface area contributed by atoms with Crippen LogP contribution in [0.2, 0.25) is 0 Å². The fourth-order valence-electron chi connectivity index (χ4n) is 6.31. The van der Waals surface area contributed by atoms with Crippen molar-refractivity contribution in [2.75, 3.05) is 26.8 Å². The van der Waals surface area contributed by atoms with Gasteiger partial charge in [-0.05, 0) is 68.6 Å². The molecular formula is C18H30N2O2. The smallest absolute Gasteiger partial charge is 0.230 e. The Kier molecular flexibility index (Phi) is 3.73. The summed E-state index contributed by atoms with van der Waals surface area (Å²) in [6.07, 6.45) is 8.46. The zero-order valence-corrected chi connectivity index (χ0v) is 13.8. The van der Waals surface area contributed by atoms with Crippen LogP contribution in [0.25, 0.3) is 0 Å². The summed E-state index contributed by atoms with van der Waals surface area (Å²) in [7, 11) is 2.06. The lowest BCUT2D eigenvalue weighted by Crippen LogP contribution is -2.60. The van der Waals surface area contributed by atoms with Gasteiger partial charge in [-0.1, -0.05) is 0 Å². The molecule has 0 aromatic carbocycles. The molecule has 4 saturated carbocycles. The van der Waals surface area contributed by atoms with E-state index in [1.165, 1.54) is 32.1 Å². The number of amides is 1. The fourth-order valence-corrected chi connectivity index (χ4v) is 6.31. The summed E-state index contributed by atoms with van der Waals surface area (Å²) in [5, 5.41) is 0. The summed E-state index contributed by atoms with van der Waals surface area (Å²) in [5.74, 6) is 3.71. The second kappa shape index (κ2) is 5.48. The predicted molar refractivity (Wildman–Crippen MR) is 85.1 cm³/mol. The first-order valence-electron chi connectivity index (χ1n) is 9.18. The number of nitrogens with zero attached hydrogens (tertiary/aromatic N) is 1. The molecule has 1 heterocycles. The van der Waals surface area contributed by atoms with Gasteiger partial charge in [0.2, 0.25) is 5.91 Å². The van der Waals surface area contributed by atoms with Gasteiger partial charge in [-0.2, -0.15) is 0 Å². The van der Waals surface area contributed by atoms with Crippen LogP contribution in [-0.4, -0.2) is 43.7 Å². The van der Waals surface area contributed by atoms with Gasteiger partial charge in [-0.3, -0.25) is 4.79 Å². The van der Waals surface area contributed by atoms with Crippen molar-refractivity contribution in [2.45, 2.75) is 51.0 Å². The minimum absolute atomic E-state index is 0.302. The van der Waals surface area contributed by atoms with E-state index in [1.54, 1.807) is 0 Å². The van der Waals surface area contributed by atoms with Crippen molar-refractivity contribution >= 4 is 5.91 Å². The van der Waals surface area contributed by atoms with Crippen molar-refractivity contribution in [3.63, 3.8) is 0 Å². The molecule has 1 amide bonds. The lowest BCUT2D eigenvalue weighted by atomic mass is 9.53. The summed E-state index contributed by atoms with van der Waals surface area (Å²) in [6, 6.07) is 0.478. The van der Waals surface area contributed by atoms with E-state index >= 15 is 0 Å². The lowest BCUT2D eigenvalue weighted by Gasteiger charge is -2.57. The highest BCUT2D eigenvalue weighted by Crippen LogP contribution is 2.55. The molecule has 1 aliphatic heterocycles. The van der Waals surface area contributed by atoms with Crippen LogP contribution in [0.3, 0.4) is 0 Å². The van der Waals surface area contributed by atoms with Crippen LogP contribution >= 0.6 is 0 Å². The zero-order chi connectivity index (χ0) is 15.3. The molecule has 0 unspecified atom stereocenters. The SMILES string of the molecule is CN(C(=O)C1(CN)CCOCC1)C1C2CC3CC(C2)CC1C3. The van der Waals surface area contributed by atoms with E-state index < -0.39 is 0 Å². The van der Waals surface area contributed by atoms with Crippen LogP contribution in [0.5, 0.6) is 0 Å². The maximum Gasteiger partial charge on any atom is 0.230 e. The Morgan fingerprint density at radius 2 is 1.64 bits per heavy atom. The van der Waals surface area contributed by atoms with Crippen molar-refractivity contribution in [1.82, 2.24) is 4.90 Å². The Morgan fingerprint density at radius 1 is 1.09 bits per heavy atom. The minimum atomic E-state index is -0.359. The Balaban J connectivity index is 1.53. The summed E-state index contributed by atoms with van der Waals surface area (Å²) < 4.78 is 5.47. The highest BCUT2D eigenvalue weighted by Gasteiger charge is 2.52. The van der Waals surface area contributed by atoms with Gasteiger partial charge >= 0.3 is 0 Å². The summed E-state index contributed by atoms with van der Waals surface area (Å²) in [5.41, 5.74) is 5.69. The second-order valence-corrected chi connectivity index (χ2v) is 8.43. The van der Waals surface area contributed by atoms with Gasteiger partial charge in [-0.15, -0.1) is 0 Å². The van der Waals surface area contributed by atoms with E-state index in [-0.39, 0.29) is 5.41 Å². The molecule has 0 aromatic heterocycles. The molecule has 0 radical (unpaired) electrons. The van der Waals surface area contributed by atoms with Gasteiger partial charge < -0.3 is 15.4 Å². The normalized spacial score (nSPS) is 42.4. The molecule has 5 aliphatic rings. The topological polar surface area (TPSA) is 55.6 Å². The highest BCUT2D eigenvalue weighted by atomic mass is 16.5. The second-order valence-electron chi connectivity index (χ2n) is 8.43. The van der Waals surface area contributed by atoms with Crippen molar-refractivity contribution in [1.29, 1.82) is 0 Å². The number of hydrogen-bond acceptors (Lipinski definition) is 3. The third kappa shape index (κ3) is 2.22. The summed E-state index contributed by atoms with van der Waals surface area (Å²) in [4.78, 5) is 15.4. The van der Waals surface area contributed by atoms with Crippen LogP contribution < -0.4 is 5.73 Å². The molecule has 4 bridgehead atoms. The van der Waals surface area contributed by atoms with Crippen LogP contribution in [0, 0.1) is 29.1 Å². The van der Waals surface area contributed by atoms with Crippen LogP contribution in [0.4, 0.5) is 0 Å². The number of rotatable bonds is 3. The lowest BCUT2D eigenvalue weighted by molar-refractivity contribution is -0.156. The van der Waals surface area contributed by atoms with Crippen LogP contribution in [-0.2, 0) is 9.53 Å². The van der Waals surface area contributed by atoms with E-state index in [0.717, 1.165) is 36.5 Å². The van der Waals surface area contributed by atoms with E-state index in [1.807, 2.05) is 0 Å². The number of nitrogens with two attached hydrogens (primary N) is 1. The molecule has 2 N–H and O–H groups in total. The van der Waals surface area contributed by atoms with E-state index in [0.29, 0.717) is 31.7 Å². The minimum Gasteiger partial charge on any atom is -0.381 e. The van der Waals surface area contributed by atoms with E-state index in [2.05, 4.69) is 11.9 Å². The largest absolute Gasteiger partial charge is 0.381 e. The van der Waals surface area contributed by atoms with Crippen molar-refractivity contribution in [2.24, 2.45) is 34.8 Å². The zero-order valence-electron chi connectivity index (χ0n) is 13.8. The number of carbonyl (C=O) groups is 1. The highest BCUT2D eigenvalue weighted by molar-refractivity contribution is 5.83. The van der Waals surface area contributed by atoms with Crippen molar-refractivity contribution in [3.05, 3.63) is 0 Å². The van der Waals surface area contributed by atoms with Gasteiger partial charge in [0.25, 0.3) is 0 Å². The van der Waals surface area contributed by atoms with E-state index in [4.69, 9.17) is 10.5 Å². The van der Waals surface area contributed by atoms with Gasteiger partial charge in [0, 0.05) is 32.8 Å².